The van der Waals surface area contributed by atoms with Crippen LogP contribution in [0, 0.1) is 0 Å². The van der Waals surface area contributed by atoms with E-state index < -0.39 is 0 Å². The van der Waals surface area contributed by atoms with Crippen molar-refractivity contribution in [2.24, 2.45) is 0 Å². The fraction of sp³-hybridized carbons (Fsp3) is 0.667. The Hall–Kier alpha value is 0.470. The molecule has 0 aromatic rings. The number of alkyl halides is 1. The third kappa shape index (κ3) is 59.8. The van der Waals surface area contributed by atoms with Gasteiger partial charge in [-0.15, -0.1) is 6.58 Å². The fourth-order valence-corrected chi connectivity index (χ4v) is 0. The van der Waals surface area contributed by atoms with Gasteiger partial charge >= 0.3 is 0 Å². The lowest BCUT2D eigenvalue weighted by molar-refractivity contribution is 1.09. The van der Waals surface area contributed by atoms with Crippen LogP contribution >= 0.6 is 22.6 Å². The van der Waals surface area contributed by atoms with E-state index in [1.54, 1.807) is 0 Å². The number of rotatable bonds is 1. The summed E-state index contributed by atoms with van der Waals surface area (Å²) in [6.07, 6.45) is 3.11. The van der Waals surface area contributed by atoms with E-state index >= 15 is 0 Å². The van der Waals surface area contributed by atoms with Crippen molar-refractivity contribution in [2.45, 2.75) is 20.3 Å². The van der Waals surface area contributed by atoms with E-state index in [1.807, 2.05) is 6.08 Å². The van der Waals surface area contributed by atoms with E-state index in [4.69, 9.17) is 0 Å². The van der Waals surface area contributed by atoms with Crippen LogP contribution in [-0.4, -0.2) is 4.43 Å². The molecule has 0 atom stereocenters. The molecule has 0 N–H and O–H groups in total. The van der Waals surface area contributed by atoms with Gasteiger partial charge in [0.25, 0.3) is 0 Å². The second kappa shape index (κ2) is 16.1. The van der Waals surface area contributed by atoms with Crippen LogP contribution in [0.2, 0.25) is 0 Å². The molecule has 0 saturated carbocycles. The second-order valence-electron chi connectivity index (χ2n) is 1.15. The monoisotopic (exact) mass is 212 g/mol. The minimum absolute atomic E-state index is 1.05. The van der Waals surface area contributed by atoms with Crippen LogP contribution in [0.3, 0.4) is 0 Å². The number of halogens is 1. The molecule has 0 amide bonds. The molecule has 0 unspecified atom stereocenters. The van der Waals surface area contributed by atoms with Crippen molar-refractivity contribution in [3.63, 3.8) is 0 Å². The van der Waals surface area contributed by atoms with Crippen molar-refractivity contribution in [1.82, 2.24) is 0 Å². The molecule has 0 aromatic heterocycles. The van der Waals surface area contributed by atoms with Crippen LogP contribution in [0.4, 0.5) is 0 Å². The fourth-order valence-electron chi connectivity index (χ4n) is 0. The molecule has 0 aromatic carbocycles. The van der Waals surface area contributed by atoms with Crippen molar-refractivity contribution in [3.8, 4) is 0 Å². The maximum Gasteiger partial charge on any atom is 0.0173 e. The van der Waals surface area contributed by atoms with Gasteiger partial charge in [0.1, 0.15) is 0 Å². The Morgan fingerprint density at radius 1 is 1.57 bits per heavy atom. The van der Waals surface area contributed by atoms with Crippen LogP contribution in [0.5, 0.6) is 0 Å². The van der Waals surface area contributed by atoms with E-state index in [-0.39, 0.29) is 0 Å². The Kier molecular flexibility index (Phi) is 24.0. The van der Waals surface area contributed by atoms with Crippen molar-refractivity contribution in [2.75, 3.05) is 4.43 Å². The first kappa shape index (κ1) is 10.5. The summed E-state index contributed by atoms with van der Waals surface area (Å²) >= 11 is 2.23. The molecule has 0 heterocycles. The predicted molar refractivity (Wildman–Crippen MR) is 45.0 cm³/mol. The van der Waals surface area contributed by atoms with Gasteiger partial charge in [0.2, 0.25) is 0 Å². The average molecular weight is 212 g/mol. The van der Waals surface area contributed by atoms with Gasteiger partial charge in [0, 0.05) is 4.43 Å². The Morgan fingerprint density at radius 2 is 1.71 bits per heavy atom. The highest BCUT2D eigenvalue weighted by molar-refractivity contribution is 14.1. The maximum atomic E-state index is 3.47. The van der Waals surface area contributed by atoms with Crippen molar-refractivity contribution < 1.29 is 0 Å². The summed E-state index contributed by atoms with van der Waals surface area (Å²) in [5, 5.41) is 0. The van der Waals surface area contributed by atoms with E-state index in [1.165, 1.54) is 6.42 Å². The van der Waals surface area contributed by atoms with Gasteiger partial charge in [-0.3, -0.25) is 0 Å². The van der Waals surface area contributed by atoms with E-state index in [0.717, 1.165) is 4.43 Å². The minimum Gasteiger partial charge on any atom is -0.102 e. The number of hydrogen-bond acceptors (Lipinski definition) is 0. The summed E-state index contributed by atoms with van der Waals surface area (Å²) < 4.78 is 1.05. The molecule has 0 aliphatic rings. The molecule has 44 valence electrons. The van der Waals surface area contributed by atoms with Crippen LogP contribution < -0.4 is 0 Å². The van der Waals surface area contributed by atoms with E-state index in [0.29, 0.717) is 0 Å². The lowest BCUT2D eigenvalue weighted by Gasteiger charge is -1.55. The molecule has 1 heteroatoms. The van der Waals surface area contributed by atoms with E-state index in [9.17, 15) is 0 Å². The first-order chi connectivity index (χ1) is 3.33. The van der Waals surface area contributed by atoms with Gasteiger partial charge in [0.15, 0.2) is 0 Å². The molecule has 0 aliphatic carbocycles. The third-order valence-corrected chi connectivity index (χ3v) is 0.732. The summed E-state index contributed by atoms with van der Waals surface area (Å²) in [6, 6.07) is 0. The molecule has 0 spiro atoms. The Morgan fingerprint density at radius 3 is 1.71 bits per heavy atom. The summed E-state index contributed by atoms with van der Waals surface area (Å²) in [6.45, 7) is 7.72. The topological polar surface area (TPSA) is 0 Å². The zero-order chi connectivity index (χ0) is 6.12. The first-order valence-electron chi connectivity index (χ1n) is 2.50. The van der Waals surface area contributed by atoms with Crippen LogP contribution in [0.15, 0.2) is 12.7 Å². The normalized spacial score (nSPS) is 6.14. The molecule has 0 rings (SSSR count). The molecule has 0 saturated heterocycles. The largest absolute Gasteiger partial charge is 0.102 e. The predicted octanol–water partition coefficient (Wildman–Crippen LogP) is 3.02. The molecule has 0 radical (unpaired) electrons. The molecule has 0 aliphatic heterocycles. The second-order valence-corrected chi connectivity index (χ2v) is 2.03. The van der Waals surface area contributed by atoms with E-state index in [2.05, 4.69) is 43.0 Å². The number of hydrogen-bond donors (Lipinski definition) is 0. The van der Waals surface area contributed by atoms with Gasteiger partial charge in [-0.2, -0.15) is 0 Å². The molecule has 0 bridgehead atoms. The zero-order valence-electron chi connectivity index (χ0n) is 5.08. The van der Waals surface area contributed by atoms with Gasteiger partial charge in [-0.05, 0) is 0 Å². The number of allylic oxidation sites excluding steroid dienone is 1. The molecule has 0 fully saturated rings. The highest BCUT2D eigenvalue weighted by Gasteiger charge is 1.47. The zero-order valence-corrected chi connectivity index (χ0v) is 7.23. The average Bonchev–Trinajstić information content (AvgIpc) is 1.69. The maximum absolute atomic E-state index is 3.47. The quantitative estimate of drug-likeness (QED) is 0.356. The van der Waals surface area contributed by atoms with Gasteiger partial charge in [-0.1, -0.05) is 48.9 Å². The molecular weight excluding hydrogens is 199 g/mol. The van der Waals surface area contributed by atoms with Crippen LogP contribution in [0.25, 0.3) is 0 Å². The van der Waals surface area contributed by atoms with Crippen molar-refractivity contribution in [1.29, 1.82) is 0 Å². The first-order valence-corrected chi connectivity index (χ1v) is 4.02. The highest BCUT2D eigenvalue weighted by Crippen LogP contribution is 1.75. The highest BCUT2D eigenvalue weighted by atomic mass is 127. The SMILES string of the molecule is C=CCI.CCC. The Bertz CT molecular complexity index is 25.4. The summed E-state index contributed by atoms with van der Waals surface area (Å²) in [5.41, 5.74) is 0. The lowest BCUT2D eigenvalue weighted by Crippen LogP contribution is -1.43. The van der Waals surface area contributed by atoms with Gasteiger partial charge in [-0.25, -0.2) is 0 Å². The van der Waals surface area contributed by atoms with Gasteiger partial charge in [0.05, 0.1) is 0 Å². The molecular formula is C6H13I. The van der Waals surface area contributed by atoms with Crippen LogP contribution in [0.1, 0.15) is 20.3 Å². The molecule has 0 nitrogen and oxygen atoms in total. The Labute approximate surface area is 60.1 Å². The lowest BCUT2D eigenvalue weighted by atomic mass is 10.6. The Balaban J connectivity index is 0. The van der Waals surface area contributed by atoms with Crippen molar-refractivity contribution in [3.05, 3.63) is 12.7 Å². The minimum atomic E-state index is 1.05. The smallest absolute Gasteiger partial charge is 0.0173 e. The summed E-state index contributed by atoms with van der Waals surface area (Å²) in [7, 11) is 0. The summed E-state index contributed by atoms with van der Waals surface area (Å²) in [5.74, 6) is 0. The molecule has 7 heavy (non-hydrogen) atoms. The standard InChI is InChI=1S/C3H5I.C3H8/c1-2-3-4;1-3-2/h2H,1,3H2;3H2,1-2H3. The summed E-state index contributed by atoms with van der Waals surface area (Å²) in [4.78, 5) is 0. The van der Waals surface area contributed by atoms with Gasteiger partial charge < -0.3 is 0 Å². The third-order valence-electron chi connectivity index (χ3n) is 0.109. The van der Waals surface area contributed by atoms with Crippen LogP contribution in [-0.2, 0) is 0 Å². The van der Waals surface area contributed by atoms with Crippen molar-refractivity contribution >= 4 is 22.6 Å².